The number of halogens is 1. The molecule has 0 fully saturated rings. The summed E-state index contributed by atoms with van der Waals surface area (Å²) in [5.74, 6) is 1.29. The number of rotatable bonds is 7. The van der Waals surface area contributed by atoms with Gasteiger partial charge in [-0.15, -0.1) is 0 Å². The molecule has 1 N–H and O–H groups in total. The minimum Gasteiger partial charge on any atom is -0.492 e. The molecule has 0 saturated heterocycles. The lowest BCUT2D eigenvalue weighted by Crippen LogP contribution is -2.32. The Bertz CT molecular complexity index is 631. The minimum absolute atomic E-state index is 0.0130. The maximum atomic E-state index is 11.7. The van der Waals surface area contributed by atoms with Gasteiger partial charge in [-0.25, -0.2) is 0 Å². The van der Waals surface area contributed by atoms with Gasteiger partial charge in [0.05, 0.1) is 6.54 Å². The zero-order valence-corrected chi connectivity index (χ0v) is 13.9. The Morgan fingerprint density at radius 2 is 1.82 bits per heavy atom. The summed E-state index contributed by atoms with van der Waals surface area (Å²) >= 11 is 3.35. The summed E-state index contributed by atoms with van der Waals surface area (Å²) in [5.41, 5.74) is 1.14. The maximum Gasteiger partial charge on any atom is 0.258 e. The van der Waals surface area contributed by atoms with E-state index in [1.807, 2.05) is 49.4 Å². The molecule has 22 heavy (non-hydrogen) atoms. The molecule has 0 spiro atoms. The van der Waals surface area contributed by atoms with Crippen molar-refractivity contribution in [2.75, 3.05) is 19.8 Å². The predicted octanol–water partition coefficient (Wildman–Crippen LogP) is 3.33. The van der Waals surface area contributed by atoms with Crippen molar-refractivity contribution in [3.8, 4) is 11.5 Å². The first-order valence-corrected chi connectivity index (χ1v) is 7.77. The monoisotopic (exact) mass is 363 g/mol. The summed E-state index contributed by atoms with van der Waals surface area (Å²) in [5, 5.41) is 2.75. The van der Waals surface area contributed by atoms with Crippen molar-refractivity contribution in [1.29, 1.82) is 0 Å². The number of hydrogen-bond acceptors (Lipinski definition) is 3. The summed E-state index contributed by atoms with van der Waals surface area (Å²) in [6.07, 6.45) is 0. The fraction of sp³-hybridized carbons (Fsp3) is 0.235. The lowest BCUT2D eigenvalue weighted by Gasteiger charge is -2.09. The predicted molar refractivity (Wildman–Crippen MR) is 89.3 cm³/mol. The Kier molecular flexibility index (Phi) is 6.27. The normalized spacial score (nSPS) is 10.1. The van der Waals surface area contributed by atoms with Crippen LogP contribution in [0.2, 0.25) is 0 Å². The first-order valence-electron chi connectivity index (χ1n) is 6.98. The van der Waals surface area contributed by atoms with Gasteiger partial charge in [0.1, 0.15) is 18.1 Å². The molecule has 0 aliphatic rings. The molecule has 116 valence electrons. The molecule has 0 aromatic heterocycles. The van der Waals surface area contributed by atoms with E-state index < -0.39 is 0 Å². The number of carbonyl (C=O) groups is 1. The minimum atomic E-state index is -0.173. The molecule has 0 radical (unpaired) electrons. The smallest absolute Gasteiger partial charge is 0.258 e. The van der Waals surface area contributed by atoms with Crippen molar-refractivity contribution < 1.29 is 14.3 Å². The van der Waals surface area contributed by atoms with Crippen molar-refractivity contribution in [2.24, 2.45) is 0 Å². The molecule has 0 aliphatic carbocycles. The number of carbonyl (C=O) groups excluding carboxylic acids is 1. The SMILES string of the molecule is Cc1cccc(OCCNC(=O)COc2cccc(Br)c2)c1. The largest absolute Gasteiger partial charge is 0.492 e. The molecular weight excluding hydrogens is 346 g/mol. The Labute approximate surface area is 138 Å². The fourth-order valence-electron chi connectivity index (χ4n) is 1.82. The second kappa shape index (κ2) is 8.44. The van der Waals surface area contributed by atoms with E-state index in [0.29, 0.717) is 18.9 Å². The molecule has 1 amide bonds. The number of amides is 1. The van der Waals surface area contributed by atoms with Gasteiger partial charge >= 0.3 is 0 Å². The van der Waals surface area contributed by atoms with Crippen molar-refractivity contribution >= 4 is 21.8 Å². The molecular formula is C17H18BrNO3. The summed E-state index contributed by atoms with van der Waals surface area (Å²) < 4.78 is 11.9. The van der Waals surface area contributed by atoms with Crippen LogP contribution in [0.25, 0.3) is 0 Å². The molecule has 0 bridgehead atoms. The third kappa shape index (κ3) is 5.77. The number of aryl methyl sites for hydroxylation is 1. The van der Waals surface area contributed by atoms with Crippen molar-refractivity contribution in [3.63, 3.8) is 0 Å². The first kappa shape index (κ1) is 16.4. The highest BCUT2D eigenvalue weighted by molar-refractivity contribution is 9.10. The van der Waals surface area contributed by atoms with Crippen LogP contribution in [0.4, 0.5) is 0 Å². The molecule has 2 rings (SSSR count). The number of hydrogen-bond donors (Lipinski definition) is 1. The van der Waals surface area contributed by atoms with E-state index in [4.69, 9.17) is 9.47 Å². The fourth-order valence-corrected chi connectivity index (χ4v) is 2.20. The summed E-state index contributed by atoms with van der Waals surface area (Å²) in [6.45, 7) is 2.86. The van der Waals surface area contributed by atoms with E-state index in [9.17, 15) is 4.79 Å². The van der Waals surface area contributed by atoms with Crippen LogP contribution in [0.3, 0.4) is 0 Å². The molecule has 0 heterocycles. The average Bonchev–Trinajstić information content (AvgIpc) is 2.50. The summed E-state index contributed by atoms with van der Waals surface area (Å²) in [4.78, 5) is 11.7. The molecule has 2 aromatic carbocycles. The number of nitrogens with one attached hydrogen (secondary N) is 1. The van der Waals surface area contributed by atoms with Crippen molar-refractivity contribution in [1.82, 2.24) is 5.32 Å². The second-order valence-electron chi connectivity index (χ2n) is 4.76. The Morgan fingerprint density at radius 1 is 1.09 bits per heavy atom. The van der Waals surface area contributed by atoms with E-state index in [-0.39, 0.29) is 12.5 Å². The van der Waals surface area contributed by atoms with E-state index in [2.05, 4.69) is 21.2 Å². The Balaban J connectivity index is 1.63. The van der Waals surface area contributed by atoms with E-state index in [1.54, 1.807) is 6.07 Å². The highest BCUT2D eigenvalue weighted by Gasteiger charge is 2.03. The lowest BCUT2D eigenvalue weighted by atomic mass is 10.2. The highest BCUT2D eigenvalue weighted by Crippen LogP contribution is 2.17. The van der Waals surface area contributed by atoms with Gasteiger partial charge < -0.3 is 14.8 Å². The quantitative estimate of drug-likeness (QED) is 0.767. The highest BCUT2D eigenvalue weighted by atomic mass is 79.9. The van der Waals surface area contributed by atoms with Gasteiger partial charge in [-0.1, -0.05) is 34.1 Å². The standard InChI is InChI=1S/C17H18BrNO3/c1-13-4-2-6-15(10-13)21-9-8-19-17(20)12-22-16-7-3-5-14(18)11-16/h2-7,10-11H,8-9,12H2,1H3,(H,19,20). The zero-order chi connectivity index (χ0) is 15.8. The summed E-state index contributed by atoms with van der Waals surface area (Å²) in [7, 11) is 0. The van der Waals surface area contributed by atoms with Gasteiger partial charge in [0.15, 0.2) is 6.61 Å². The topological polar surface area (TPSA) is 47.6 Å². The van der Waals surface area contributed by atoms with E-state index in [0.717, 1.165) is 15.8 Å². The van der Waals surface area contributed by atoms with Gasteiger partial charge in [0.2, 0.25) is 0 Å². The molecule has 0 aliphatic heterocycles. The van der Waals surface area contributed by atoms with Crippen LogP contribution in [-0.2, 0) is 4.79 Å². The molecule has 4 nitrogen and oxygen atoms in total. The van der Waals surface area contributed by atoms with E-state index >= 15 is 0 Å². The molecule has 2 aromatic rings. The third-order valence-corrected chi connectivity index (χ3v) is 3.34. The van der Waals surface area contributed by atoms with Crippen LogP contribution in [0.15, 0.2) is 53.0 Å². The van der Waals surface area contributed by atoms with Crippen molar-refractivity contribution in [2.45, 2.75) is 6.92 Å². The number of ether oxygens (including phenoxy) is 2. The van der Waals surface area contributed by atoms with Crippen LogP contribution in [0, 0.1) is 6.92 Å². The van der Waals surface area contributed by atoms with Gasteiger partial charge in [-0.3, -0.25) is 4.79 Å². The van der Waals surface area contributed by atoms with Gasteiger partial charge in [-0.2, -0.15) is 0 Å². The van der Waals surface area contributed by atoms with E-state index in [1.165, 1.54) is 0 Å². The van der Waals surface area contributed by atoms with Crippen LogP contribution >= 0.6 is 15.9 Å². The van der Waals surface area contributed by atoms with Crippen LogP contribution in [-0.4, -0.2) is 25.7 Å². The Morgan fingerprint density at radius 3 is 2.55 bits per heavy atom. The third-order valence-electron chi connectivity index (χ3n) is 2.85. The molecule has 5 heteroatoms. The van der Waals surface area contributed by atoms with Gasteiger partial charge in [-0.05, 0) is 42.8 Å². The second-order valence-corrected chi connectivity index (χ2v) is 5.68. The lowest BCUT2D eigenvalue weighted by molar-refractivity contribution is -0.123. The van der Waals surface area contributed by atoms with Crippen LogP contribution in [0.5, 0.6) is 11.5 Å². The average molecular weight is 364 g/mol. The Hall–Kier alpha value is -2.01. The molecule has 0 unspecified atom stereocenters. The first-order chi connectivity index (χ1) is 10.6. The van der Waals surface area contributed by atoms with Gasteiger partial charge in [0.25, 0.3) is 5.91 Å². The molecule has 0 atom stereocenters. The maximum absolute atomic E-state index is 11.7. The number of benzene rings is 2. The molecule has 0 saturated carbocycles. The van der Waals surface area contributed by atoms with Crippen molar-refractivity contribution in [3.05, 3.63) is 58.6 Å². The zero-order valence-electron chi connectivity index (χ0n) is 12.3. The van der Waals surface area contributed by atoms with Crippen LogP contribution in [0.1, 0.15) is 5.56 Å². The summed E-state index contributed by atoms with van der Waals surface area (Å²) in [6, 6.07) is 15.2. The van der Waals surface area contributed by atoms with Gasteiger partial charge in [0, 0.05) is 4.47 Å². The van der Waals surface area contributed by atoms with Crippen LogP contribution < -0.4 is 14.8 Å².